The van der Waals surface area contributed by atoms with Gasteiger partial charge in [-0.15, -0.1) is 10.2 Å². The lowest BCUT2D eigenvalue weighted by Crippen LogP contribution is -2.17. The summed E-state index contributed by atoms with van der Waals surface area (Å²) in [7, 11) is 1.94. The van der Waals surface area contributed by atoms with E-state index in [1.807, 2.05) is 24.1 Å². The lowest BCUT2D eigenvalue weighted by Gasteiger charge is -2.15. The fourth-order valence-electron chi connectivity index (χ4n) is 2.07. The zero-order chi connectivity index (χ0) is 15.5. The molecule has 3 rings (SSSR count). The maximum absolute atomic E-state index is 6.19. The van der Waals surface area contributed by atoms with E-state index >= 15 is 0 Å². The minimum Gasteiger partial charge on any atom is -0.459 e. The third kappa shape index (κ3) is 3.32. The summed E-state index contributed by atoms with van der Waals surface area (Å²) < 4.78 is 10.8. The average Bonchev–Trinajstić information content (AvgIpc) is 3.14. The molecule has 0 spiro atoms. The van der Waals surface area contributed by atoms with Crippen molar-refractivity contribution in [3.63, 3.8) is 0 Å². The Balaban J connectivity index is 1.67. The Morgan fingerprint density at radius 3 is 2.73 bits per heavy atom. The van der Waals surface area contributed by atoms with Crippen molar-refractivity contribution in [3.05, 3.63) is 58.1 Å². The second-order valence-electron chi connectivity index (χ2n) is 4.86. The van der Waals surface area contributed by atoms with Crippen molar-refractivity contribution in [1.82, 2.24) is 15.1 Å². The molecule has 0 aliphatic rings. The number of hydrogen-bond donors (Lipinski definition) is 0. The maximum Gasteiger partial charge on any atom is 0.283 e. The molecule has 0 saturated heterocycles. The summed E-state index contributed by atoms with van der Waals surface area (Å²) in [6.45, 7) is 1.12. The highest BCUT2D eigenvalue weighted by Crippen LogP contribution is 2.26. The van der Waals surface area contributed by atoms with Crippen LogP contribution in [-0.4, -0.2) is 22.1 Å². The topological polar surface area (TPSA) is 55.3 Å². The van der Waals surface area contributed by atoms with Gasteiger partial charge in [0.2, 0.25) is 5.89 Å². The highest BCUT2D eigenvalue weighted by atomic mass is 35.5. The first kappa shape index (κ1) is 15.1. The largest absolute Gasteiger partial charge is 0.459 e. The zero-order valence-corrected chi connectivity index (χ0v) is 13.3. The molecule has 0 fully saturated rings. The van der Waals surface area contributed by atoms with Crippen molar-refractivity contribution in [2.45, 2.75) is 13.1 Å². The van der Waals surface area contributed by atoms with Crippen LogP contribution in [0.4, 0.5) is 0 Å². The predicted octanol–water partition coefficient (Wildman–Crippen LogP) is 4.27. The van der Waals surface area contributed by atoms with Gasteiger partial charge in [0, 0.05) is 6.54 Å². The van der Waals surface area contributed by atoms with Gasteiger partial charge in [0.25, 0.3) is 5.89 Å². The number of furan rings is 1. The molecule has 1 aromatic carbocycles. The molecule has 0 saturated carbocycles. The van der Waals surface area contributed by atoms with Crippen molar-refractivity contribution in [2.24, 2.45) is 0 Å². The van der Waals surface area contributed by atoms with Gasteiger partial charge in [-0.2, -0.15) is 0 Å². The first-order valence-electron chi connectivity index (χ1n) is 6.61. The van der Waals surface area contributed by atoms with Crippen LogP contribution in [0.25, 0.3) is 11.7 Å². The Bertz CT molecular complexity index is 756. The van der Waals surface area contributed by atoms with E-state index in [-0.39, 0.29) is 0 Å². The smallest absolute Gasteiger partial charge is 0.283 e. The molecule has 3 aromatic rings. The van der Waals surface area contributed by atoms with Gasteiger partial charge >= 0.3 is 0 Å². The Kier molecular flexibility index (Phi) is 4.47. The molecule has 2 heterocycles. The number of aromatic nitrogens is 2. The van der Waals surface area contributed by atoms with E-state index in [4.69, 9.17) is 32.0 Å². The molecule has 0 aliphatic heterocycles. The fraction of sp³-hybridized carbons (Fsp3) is 0.200. The first-order chi connectivity index (χ1) is 10.6. The summed E-state index contributed by atoms with van der Waals surface area (Å²) in [5, 5.41) is 9.10. The summed E-state index contributed by atoms with van der Waals surface area (Å²) >= 11 is 12.2. The van der Waals surface area contributed by atoms with Crippen molar-refractivity contribution >= 4 is 23.2 Å². The highest BCUT2D eigenvalue weighted by Gasteiger charge is 2.13. The molecule has 5 nitrogen and oxygen atoms in total. The molecular formula is C15H13Cl2N3O2. The lowest BCUT2D eigenvalue weighted by molar-refractivity contribution is 0.282. The van der Waals surface area contributed by atoms with Gasteiger partial charge in [-0.25, -0.2) is 0 Å². The van der Waals surface area contributed by atoms with Gasteiger partial charge < -0.3 is 8.83 Å². The van der Waals surface area contributed by atoms with E-state index in [0.717, 1.165) is 5.56 Å². The van der Waals surface area contributed by atoms with Crippen LogP contribution >= 0.6 is 23.2 Å². The van der Waals surface area contributed by atoms with Crippen molar-refractivity contribution in [3.8, 4) is 11.7 Å². The Morgan fingerprint density at radius 1 is 1.09 bits per heavy atom. The van der Waals surface area contributed by atoms with Crippen LogP contribution in [-0.2, 0) is 13.1 Å². The zero-order valence-electron chi connectivity index (χ0n) is 11.8. The highest BCUT2D eigenvalue weighted by molar-refractivity contribution is 6.42. The molecule has 0 bridgehead atoms. The van der Waals surface area contributed by atoms with E-state index in [9.17, 15) is 0 Å². The van der Waals surface area contributed by atoms with Gasteiger partial charge in [-0.1, -0.05) is 35.3 Å². The van der Waals surface area contributed by atoms with Crippen molar-refractivity contribution in [1.29, 1.82) is 0 Å². The SMILES string of the molecule is CN(Cc1nnc(-c2ccco2)o1)Cc1cccc(Cl)c1Cl. The monoisotopic (exact) mass is 337 g/mol. The van der Waals surface area contributed by atoms with Gasteiger partial charge in [0.1, 0.15) is 0 Å². The van der Waals surface area contributed by atoms with Crippen molar-refractivity contribution in [2.75, 3.05) is 7.05 Å². The molecule has 0 radical (unpaired) electrons. The second kappa shape index (κ2) is 6.52. The molecule has 0 N–H and O–H groups in total. The van der Waals surface area contributed by atoms with Crippen LogP contribution in [0.5, 0.6) is 0 Å². The van der Waals surface area contributed by atoms with Crippen molar-refractivity contribution < 1.29 is 8.83 Å². The maximum atomic E-state index is 6.19. The molecule has 0 unspecified atom stereocenters. The van der Waals surface area contributed by atoms with E-state index < -0.39 is 0 Å². The van der Waals surface area contributed by atoms with Crippen LogP contribution < -0.4 is 0 Å². The number of benzene rings is 1. The van der Waals surface area contributed by atoms with Gasteiger partial charge in [-0.3, -0.25) is 4.90 Å². The number of hydrogen-bond acceptors (Lipinski definition) is 5. The number of rotatable bonds is 5. The Hall–Kier alpha value is -1.82. The normalized spacial score (nSPS) is 11.3. The van der Waals surface area contributed by atoms with E-state index in [1.54, 1.807) is 24.5 Å². The van der Waals surface area contributed by atoms with Crippen LogP contribution in [0.1, 0.15) is 11.5 Å². The summed E-state index contributed by atoms with van der Waals surface area (Å²) in [6, 6.07) is 9.12. The van der Waals surface area contributed by atoms with E-state index in [0.29, 0.717) is 40.7 Å². The number of nitrogens with zero attached hydrogens (tertiary/aromatic N) is 3. The summed E-state index contributed by atoms with van der Waals surface area (Å²) in [6.07, 6.45) is 1.56. The predicted molar refractivity (Wildman–Crippen MR) is 83.6 cm³/mol. The van der Waals surface area contributed by atoms with Crippen LogP contribution in [0.2, 0.25) is 10.0 Å². The van der Waals surface area contributed by atoms with Crippen LogP contribution in [0.15, 0.2) is 45.4 Å². The summed E-state index contributed by atoms with van der Waals surface area (Å²) in [5.41, 5.74) is 0.947. The van der Waals surface area contributed by atoms with Gasteiger partial charge in [0.05, 0.1) is 22.9 Å². The Morgan fingerprint density at radius 2 is 1.95 bits per heavy atom. The van der Waals surface area contributed by atoms with Gasteiger partial charge in [-0.05, 0) is 30.8 Å². The van der Waals surface area contributed by atoms with Crippen LogP contribution in [0.3, 0.4) is 0 Å². The molecule has 2 aromatic heterocycles. The molecule has 0 aliphatic carbocycles. The van der Waals surface area contributed by atoms with E-state index in [1.165, 1.54) is 0 Å². The van der Waals surface area contributed by atoms with E-state index in [2.05, 4.69) is 10.2 Å². The minimum absolute atomic E-state index is 0.370. The fourth-order valence-corrected chi connectivity index (χ4v) is 2.45. The Labute approximate surface area is 137 Å². The molecule has 0 amide bonds. The average molecular weight is 338 g/mol. The van der Waals surface area contributed by atoms with Gasteiger partial charge in [0.15, 0.2) is 5.76 Å². The van der Waals surface area contributed by atoms with Crippen LogP contribution in [0, 0.1) is 0 Å². The number of halogens is 2. The third-order valence-electron chi connectivity index (χ3n) is 3.08. The second-order valence-corrected chi connectivity index (χ2v) is 5.65. The molecule has 22 heavy (non-hydrogen) atoms. The molecular weight excluding hydrogens is 325 g/mol. The quantitative estimate of drug-likeness (QED) is 0.695. The standard InChI is InChI=1S/C15H13Cl2N3O2/c1-20(8-10-4-2-5-11(16)14(10)17)9-13-18-19-15(22-13)12-6-3-7-21-12/h2-7H,8-9H2,1H3. The molecule has 114 valence electrons. The molecule has 0 atom stereocenters. The summed E-state index contributed by atoms with van der Waals surface area (Å²) in [5.74, 6) is 1.43. The third-order valence-corrected chi connectivity index (χ3v) is 3.93. The summed E-state index contributed by atoms with van der Waals surface area (Å²) in [4.78, 5) is 2.01. The first-order valence-corrected chi connectivity index (χ1v) is 7.37. The molecule has 7 heteroatoms. The lowest BCUT2D eigenvalue weighted by atomic mass is 10.2. The minimum atomic E-state index is 0.370.